The highest BCUT2D eigenvalue weighted by Crippen LogP contribution is 2.13. The van der Waals surface area contributed by atoms with Crippen LogP contribution in [0.15, 0.2) is 0 Å². The molecule has 0 N–H and O–H groups in total. The zero-order chi connectivity index (χ0) is 13.1. The van der Waals surface area contributed by atoms with Crippen molar-refractivity contribution in [2.24, 2.45) is 0 Å². The molecule has 0 amide bonds. The number of nitrogens with zero attached hydrogens (tertiary/aromatic N) is 2. The molecule has 0 aromatic heterocycles. The fraction of sp³-hybridized carbons (Fsp3) is 1.00. The molecule has 17 heavy (non-hydrogen) atoms. The molecule has 0 radical (unpaired) electrons. The van der Waals surface area contributed by atoms with Gasteiger partial charge in [-0.2, -0.15) is 0 Å². The maximum atomic E-state index is 5.21. The molecule has 2 heterocycles. The quantitative estimate of drug-likeness (QED) is 0.758. The van der Waals surface area contributed by atoms with Gasteiger partial charge in [-0.15, -0.1) is 0 Å². The van der Waals surface area contributed by atoms with Crippen LogP contribution in [0.5, 0.6) is 0 Å². The number of hydrogen-bond donors (Lipinski definition) is 0. The Hall–Kier alpha value is -0.120. The Balaban J connectivity index is 0.000000581. The number of ether oxygens (including phenoxy) is 1. The Labute approximate surface area is 108 Å². The van der Waals surface area contributed by atoms with Gasteiger partial charge in [-0.3, -0.25) is 4.90 Å². The van der Waals surface area contributed by atoms with Gasteiger partial charge in [-0.05, 0) is 13.0 Å². The third-order valence-electron chi connectivity index (χ3n) is 3.08. The molecule has 0 aromatic carbocycles. The van der Waals surface area contributed by atoms with Crippen molar-refractivity contribution in [1.29, 1.82) is 0 Å². The van der Waals surface area contributed by atoms with Gasteiger partial charge < -0.3 is 9.64 Å². The monoisotopic (exact) mass is 244 g/mol. The minimum absolute atomic E-state index is 0.740. The van der Waals surface area contributed by atoms with Crippen LogP contribution in [0.3, 0.4) is 0 Å². The van der Waals surface area contributed by atoms with E-state index in [9.17, 15) is 0 Å². The average molecular weight is 244 g/mol. The largest absolute Gasteiger partial charge is 0.378 e. The van der Waals surface area contributed by atoms with Crippen LogP contribution < -0.4 is 0 Å². The molecule has 2 aliphatic rings. The van der Waals surface area contributed by atoms with Crippen LogP contribution in [0, 0.1) is 0 Å². The number of piperazine rings is 1. The van der Waals surface area contributed by atoms with Crippen molar-refractivity contribution in [2.45, 2.75) is 47.1 Å². The second-order valence-electron chi connectivity index (χ2n) is 4.07. The standard InChI is InChI=1S/C10H20N2O.2C2H6/c1-2-3-11-4-6-12(7-5-11)10-8-13-9-10;2*1-2/h10H,2-9H2,1H3;2*1-2H3. The van der Waals surface area contributed by atoms with E-state index in [4.69, 9.17) is 4.74 Å². The van der Waals surface area contributed by atoms with Crippen molar-refractivity contribution in [3.63, 3.8) is 0 Å². The second-order valence-corrected chi connectivity index (χ2v) is 4.07. The van der Waals surface area contributed by atoms with Crippen LogP contribution in [0.2, 0.25) is 0 Å². The summed E-state index contributed by atoms with van der Waals surface area (Å²) in [4.78, 5) is 5.14. The molecular weight excluding hydrogens is 212 g/mol. The van der Waals surface area contributed by atoms with Gasteiger partial charge in [0.15, 0.2) is 0 Å². The maximum absolute atomic E-state index is 5.21. The predicted molar refractivity (Wildman–Crippen MR) is 75.6 cm³/mol. The van der Waals surface area contributed by atoms with Crippen LogP contribution in [-0.2, 0) is 4.74 Å². The lowest BCUT2D eigenvalue weighted by Crippen LogP contribution is -2.56. The van der Waals surface area contributed by atoms with Gasteiger partial charge in [0.25, 0.3) is 0 Å². The van der Waals surface area contributed by atoms with Crippen LogP contribution in [0.1, 0.15) is 41.0 Å². The summed E-state index contributed by atoms with van der Waals surface area (Å²) in [6, 6.07) is 0.740. The highest BCUT2D eigenvalue weighted by atomic mass is 16.5. The van der Waals surface area contributed by atoms with E-state index >= 15 is 0 Å². The molecule has 2 fully saturated rings. The molecule has 0 bridgehead atoms. The van der Waals surface area contributed by atoms with Gasteiger partial charge in [0.05, 0.1) is 19.3 Å². The van der Waals surface area contributed by atoms with Crippen LogP contribution in [0.25, 0.3) is 0 Å². The summed E-state index contributed by atoms with van der Waals surface area (Å²) in [6.45, 7) is 18.5. The third kappa shape index (κ3) is 5.84. The zero-order valence-electron chi connectivity index (χ0n) is 12.5. The first kappa shape index (κ1) is 16.9. The summed E-state index contributed by atoms with van der Waals surface area (Å²) in [5.74, 6) is 0. The minimum Gasteiger partial charge on any atom is -0.378 e. The molecule has 2 rings (SSSR count). The molecule has 0 aliphatic carbocycles. The summed E-state index contributed by atoms with van der Waals surface area (Å²) in [6.07, 6.45) is 1.28. The molecule has 104 valence electrons. The topological polar surface area (TPSA) is 15.7 Å². The Kier molecular flexibility index (Phi) is 10.9. The Morgan fingerprint density at radius 2 is 1.47 bits per heavy atom. The Morgan fingerprint density at radius 1 is 0.941 bits per heavy atom. The smallest absolute Gasteiger partial charge is 0.0645 e. The van der Waals surface area contributed by atoms with Crippen molar-refractivity contribution < 1.29 is 4.74 Å². The van der Waals surface area contributed by atoms with E-state index in [1.807, 2.05) is 27.7 Å². The lowest BCUT2D eigenvalue weighted by atomic mass is 10.2. The van der Waals surface area contributed by atoms with E-state index in [-0.39, 0.29) is 0 Å². The number of rotatable bonds is 3. The van der Waals surface area contributed by atoms with Crippen LogP contribution in [-0.4, -0.2) is 61.8 Å². The highest BCUT2D eigenvalue weighted by Gasteiger charge is 2.28. The van der Waals surface area contributed by atoms with Crippen molar-refractivity contribution in [3.8, 4) is 0 Å². The van der Waals surface area contributed by atoms with Crippen molar-refractivity contribution in [2.75, 3.05) is 45.9 Å². The summed E-state index contributed by atoms with van der Waals surface area (Å²) in [7, 11) is 0. The first-order chi connectivity index (χ1) is 8.40. The molecule has 0 saturated carbocycles. The van der Waals surface area contributed by atoms with E-state index in [2.05, 4.69) is 16.7 Å². The summed E-state index contributed by atoms with van der Waals surface area (Å²) in [5.41, 5.74) is 0. The maximum Gasteiger partial charge on any atom is 0.0645 e. The van der Waals surface area contributed by atoms with Gasteiger partial charge in [0.2, 0.25) is 0 Å². The molecular formula is C14H32N2O. The van der Waals surface area contributed by atoms with E-state index in [0.717, 1.165) is 19.3 Å². The summed E-state index contributed by atoms with van der Waals surface area (Å²) < 4.78 is 5.21. The molecule has 0 spiro atoms. The van der Waals surface area contributed by atoms with Gasteiger partial charge in [-0.1, -0.05) is 34.6 Å². The molecule has 0 unspecified atom stereocenters. The zero-order valence-corrected chi connectivity index (χ0v) is 12.5. The Morgan fingerprint density at radius 3 is 1.82 bits per heavy atom. The summed E-state index contributed by atoms with van der Waals surface area (Å²) >= 11 is 0. The SMILES string of the molecule is CC.CC.CCCN1CCN(C2COC2)CC1. The number of hydrogen-bond acceptors (Lipinski definition) is 3. The van der Waals surface area contributed by atoms with E-state index < -0.39 is 0 Å². The fourth-order valence-electron chi connectivity index (χ4n) is 2.10. The highest BCUT2D eigenvalue weighted by molar-refractivity contribution is 4.81. The predicted octanol–water partition coefficient (Wildman–Crippen LogP) is 2.47. The lowest BCUT2D eigenvalue weighted by molar-refractivity contribution is -0.0767. The van der Waals surface area contributed by atoms with Crippen molar-refractivity contribution >= 4 is 0 Å². The Bertz CT molecular complexity index is 152. The van der Waals surface area contributed by atoms with Gasteiger partial charge in [0.1, 0.15) is 0 Å². The summed E-state index contributed by atoms with van der Waals surface area (Å²) in [5, 5.41) is 0. The van der Waals surface area contributed by atoms with Crippen molar-refractivity contribution in [1.82, 2.24) is 9.80 Å². The van der Waals surface area contributed by atoms with E-state index in [0.29, 0.717) is 0 Å². The van der Waals surface area contributed by atoms with Crippen LogP contribution in [0.4, 0.5) is 0 Å². The van der Waals surface area contributed by atoms with E-state index in [1.165, 1.54) is 39.1 Å². The molecule has 0 atom stereocenters. The average Bonchev–Trinajstić information content (AvgIpc) is 2.35. The first-order valence-electron chi connectivity index (χ1n) is 7.44. The fourth-order valence-corrected chi connectivity index (χ4v) is 2.10. The van der Waals surface area contributed by atoms with E-state index in [1.54, 1.807) is 0 Å². The van der Waals surface area contributed by atoms with Crippen LogP contribution >= 0.6 is 0 Å². The molecule has 2 saturated heterocycles. The second kappa shape index (κ2) is 11.0. The van der Waals surface area contributed by atoms with Gasteiger partial charge in [-0.25, -0.2) is 0 Å². The molecule has 2 aliphatic heterocycles. The van der Waals surface area contributed by atoms with Gasteiger partial charge >= 0.3 is 0 Å². The van der Waals surface area contributed by atoms with Crippen molar-refractivity contribution in [3.05, 3.63) is 0 Å². The minimum atomic E-state index is 0.740. The molecule has 3 nitrogen and oxygen atoms in total. The third-order valence-corrected chi connectivity index (χ3v) is 3.08. The molecule has 3 heteroatoms. The lowest BCUT2D eigenvalue weighted by Gasteiger charge is -2.42. The normalized spacial score (nSPS) is 21.7. The molecule has 0 aromatic rings. The van der Waals surface area contributed by atoms with Gasteiger partial charge in [0, 0.05) is 26.2 Å². The first-order valence-corrected chi connectivity index (χ1v) is 7.44.